The lowest BCUT2D eigenvalue weighted by atomic mass is 10.1. The van der Waals surface area contributed by atoms with Gasteiger partial charge in [-0.2, -0.15) is 0 Å². The first-order valence-corrected chi connectivity index (χ1v) is 4.01. The summed E-state index contributed by atoms with van der Waals surface area (Å²) in [6, 6.07) is 0. The maximum absolute atomic E-state index is 12.5. The molecule has 94 valence electrons. The van der Waals surface area contributed by atoms with Crippen molar-refractivity contribution in [3.05, 3.63) is 27.7 Å². The van der Waals surface area contributed by atoms with Crippen LogP contribution in [0.2, 0.25) is 0 Å². The Morgan fingerprint density at radius 2 is 1.94 bits per heavy atom. The Hall–Kier alpha value is -1.93. The number of pyridine rings is 1. The molecular formula is C8H4F5NO3. The fraction of sp³-hybridized carbons (Fsp3) is 0.250. The van der Waals surface area contributed by atoms with Crippen LogP contribution in [-0.4, -0.2) is 17.6 Å². The summed E-state index contributed by atoms with van der Waals surface area (Å²) in [7, 11) is 0. The van der Waals surface area contributed by atoms with Crippen molar-refractivity contribution >= 4 is 6.29 Å². The van der Waals surface area contributed by atoms with E-state index in [1.165, 1.54) is 0 Å². The van der Waals surface area contributed by atoms with Crippen LogP contribution in [0.5, 0.6) is 5.75 Å². The number of H-pyrrole nitrogens is 1. The van der Waals surface area contributed by atoms with E-state index < -0.39 is 35.2 Å². The molecule has 0 aliphatic carbocycles. The third-order valence-electron chi connectivity index (χ3n) is 1.70. The average molecular weight is 257 g/mol. The maximum Gasteiger partial charge on any atom is 0.573 e. The standard InChI is InChI=1S/C8H4F5NO3/c9-6(10)5-3(2-15)7(16)14-1-4(5)17-8(11,12)13/h1-2,6H,(H,14,16). The summed E-state index contributed by atoms with van der Waals surface area (Å²) < 4.78 is 63.8. The molecule has 0 amide bonds. The van der Waals surface area contributed by atoms with Crippen LogP contribution in [0.1, 0.15) is 22.3 Å². The fourth-order valence-corrected chi connectivity index (χ4v) is 1.09. The summed E-state index contributed by atoms with van der Waals surface area (Å²) >= 11 is 0. The maximum atomic E-state index is 12.5. The Morgan fingerprint density at radius 3 is 2.35 bits per heavy atom. The number of halogens is 5. The molecule has 1 aromatic heterocycles. The van der Waals surface area contributed by atoms with Crippen molar-refractivity contribution in [1.82, 2.24) is 4.98 Å². The number of alkyl halides is 5. The fourth-order valence-electron chi connectivity index (χ4n) is 1.09. The Bertz CT molecular complexity index is 479. The molecule has 1 N–H and O–H groups in total. The van der Waals surface area contributed by atoms with Gasteiger partial charge in [-0.1, -0.05) is 0 Å². The van der Waals surface area contributed by atoms with Crippen molar-refractivity contribution in [2.75, 3.05) is 0 Å². The molecule has 1 aromatic rings. The predicted molar refractivity (Wildman–Crippen MR) is 44.1 cm³/mol. The molecule has 0 fully saturated rings. The molecule has 1 heterocycles. The highest BCUT2D eigenvalue weighted by Crippen LogP contribution is 2.32. The average Bonchev–Trinajstić information content (AvgIpc) is 2.17. The lowest BCUT2D eigenvalue weighted by Crippen LogP contribution is -2.22. The van der Waals surface area contributed by atoms with Gasteiger partial charge in [-0.15, -0.1) is 13.2 Å². The Labute approximate surface area is 90.0 Å². The molecule has 0 radical (unpaired) electrons. The van der Waals surface area contributed by atoms with Gasteiger partial charge in [0.15, 0.2) is 12.0 Å². The Balaban J connectivity index is 3.41. The number of hydrogen-bond acceptors (Lipinski definition) is 3. The van der Waals surface area contributed by atoms with Gasteiger partial charge in [0.2, 0.25) is 0 Å². The summed E-state index contributed by atoms with van der Waals surface area (Å²) in [6.45, 7) is 0. The lowest BCUT2D eigenvalue weighted by molar-refractivity contribution is -0.275. The van der Waals surface area contributed by atoms with E-state index in [9.17, 15) is 31.5 Å². The van der Waals surface area contributed by atoms with Crippen LogP contribution < -0.4 is 10.3 Å². The molecule has 0 saturated heterocycles. The largest absolute Gasteiger partial charge is 0.573 e. The lowest BCUT2D eigenvalue weighted by Gasteiger charge is -2.13. The van der Waals surface area contributed by atoms with E-state index in [4.69, 9.17) is 0 Å². The van der Waals surface area contributed by atoms with Gasteiger partial charge in [-0.25, -0.2) is 8.78 Å². The first-order chi connectivity index (χ1) is 7.76. The number of carbonyl (C=O) groups excluding carboxylic acids is 1. The van der Waals surface area contributed by atoms with Crippen LogP contribution in [-0.2, 0) is 0 Å². The van der Waals surface area contributed by atoms with Crippen molar-refractivity contribution in [1.29, 1.82) is 0 Å². The molecule has 0 aliphatic rings. The van der Waals surface area contributed by atoms with E-state index in [0.717, 1.165) is 0 Å². The minimum Gasteiger partial charge on any atom is -0.404 e. The molecule has 0 saturated carbocycles. The Morgan fingerprint density at radius 1 is 1.35 bits per heavy atom. The number of rotatable bonds is 3. The summed E-state index contributed by atoms with van der Waals surface area (Å²) in [5.74, 6) is -1.31. The van der Waals surface area contributed by atoms with Gasteiger partial charge in [0.25, 0.3) is 12.0 Å². The Kier molecular flexibility index (Phi) is 3.49. The molecule has 17 heavy (non-hydrogen) atoms. The van der Waals surface area contributed by atoms with Gasteiger partial charge in [0.05, 0.1) is 11.1 Å². The summed E-state index contributed by atoms with van der Waals surface area (Å²) in [5.41, 5.74) is -3.70. The third-order valence-corrected chi connectivity index (χ3v) is 1.70. The SMILES string of the molecule is O=Cc1c(C(F)F)c(OC(F)(F)F)c[nH]c1=O. The minimum absolute atomic E-state index is 0.260. The summed E-state index contributed by atoms with van der Waals surface area (Å²) in [6.07, 6.45) is -8.59. The molecule has 1 rings (SSSR count). The van der Waals surface area contributed by atoms with Crippen molar-refractivity contribution in [3.63, 3.8) is 0 Å². The molecule has 0 spiro atoms. The highest BCUT2D eigenvalue weighted by Gasteiger charge is 2.34. The predicted octanol–water partition coefficient (Wildman–Crippen LogP) is 2.02. The molecule has 4 nitrogen and oxygen atoms in total. The normalized spacial score (nSPS) is 11.6. The van der Waals surface area contributed by atoms with Crippen LogP contribution in [0.4, 0.5) is 22.0 Å². The topological polar surface area (TPSA) is 59.2 Å². The molecule has 9 heteroatoms. The number of aromatic nitrogens is 1. The van der Waals surface area contributed by atoms with Gasteiger partial charge in [0.1, 0.15) is 0 Å². The zero-order chi connectivity index (χ0) is 13.2. The number of ether oxygens (including phenoxy) is 1. The molecule has 0 atom stereocenters. The van der Waals surface area contributed by atoms with Crippen LogP contribution in [0, 0.1) is 0 Å². The number of nitrogens with one attached hydrogen (secondary N) is 1. The third kappa shape index (κ3) is 3.02. The molecule has 0 aliphatic heterocycles. The first kappa shape index (κ1) is 13.1. The minimum atomic E-state index is -5.21. The van der Waals surface area contributed by atoms with Gasteiger partial charge in [-0.05, 0) is 0 Å². The van der Waals surface area contributed by atoms with Crippen LogP contribution >= 0.6 is 0 Å². The second-order valence-electron chi connectivity index (χ2n) is 2.78. The number of aromatic amines is 1. The zero-order valence-corrected chi connectivity index (χ0v) is 7.85. The van der Waals surface area contributed by atoms with E-state index >= 15 is 0 Å². The smallest absolute Gasteiger partial charge is 0.404 e. The number of hydrogen-bond donors (Lipinski definition) is 1. The van der Waals surface area contributed by atoms with Crippen molar-refractivity contribution in [2.24, 2.45) is 0 Å². The van der Waals surface area contributed by atoms with Gasteiger partial charge >= 0.3 is 6.36 Å². The summed E-state index contributed by atoms with van der Waals surface area (Å²) in [4.78, 5) is 23.0. The molecule has 0 unspecified atom stereocenters. The van der Waals surface area contributed by atoms with Crippen LogP contribution in [0.25, 0.3) is 0 Å². The summed E-state index contributed by atoms with van der Waals surface area (Å²) in [5, 5.41) is 0. The molecule has 0 bridgehead atoms. The number of aldehydes is 1. The van der Waals surface area contributed by atoms with E-state index in [1.807, 2.05) is 0 Å². The van der Waals surface area contributed by atoms with Crippen molar-refractivity contribution in [3.8, 4) is 5.75 Å². The van der Waals surface area contributed by atoms with E-state index in [-0.39, 0.29) is 6.29 Å². The second kappa shape index (κ2) is 4.52. The highest BCUT2D eigenvalue weighted by molar-refractivity contribution is 5.78. The zero-order valence-electron chi connectivity index (χ0n) is 7.85. The van der Waals surface area contributed by atoms with Crippen LogP contribution in [0.3, 0.4) is 0 Å². The van der Waals surface area contributed by atoms with Gasteiger partial charge in [-0.3, -0.25) is 9.59 Å². The molecule has 0 aromatic carbocycles. The van der Waals surface area contributed by atoms with Gasteiger partial charge in [0, 0.05) is 6.20 Å². The number of carbonyl (C=O) groups is 1. The second-order valence-corrected chi connectivity index (χ2v) is 2.78. The monoisotopic (exact) mass is 257 g/mol. The van der Waals surface area contributed by atoms with Gasteiger partial charge < -0.3 is 9.72 Å². The van der Waals surface area contributed by atoms with Crippen molar-refractivity contribution < 1.29 is 31.5 Å². The van der Waals surface area contributed by atoms with E-state index in [2.05, 4.69) is 4.74 Å². The van der Waals surface area contributed by atoms with Crippen molar-refractivity contribution in [2.45, 2.75) is 12.8 Å². The van der Waals surface area contributed by atoms with Crippen LogP contribution in [0.15, 0.2) is 11.0 Å². The first-order valence-electron chi connectivity index (χ1n) is 4.01. The molecular weight excluding hydrogens is 253 g/mol. The highest BCUT2D eigenvalue weighted by atomic mass is 19.4. The van der Waals surface area contributed by atoms with E-state index in [0.29, 0.717) is 6.20 Å². The quantitative estimate of drug-likeness (QED) is 0.665. The van der Waals surface area contributed by atoms with E-state index in [1.54, 1.807) is 4.98 Å².